The van der Waals surface area contributed by atoms with Crippen molar-refractivity contribution in [2.24, 2.45) is 0 Å². The number of nitrogens with one attached hydrogen (secondary N) is 2. The van der Waals surface area contributed by atoms with Gasteiger partial charge < -0.3 is 10.6 Å². The van der Waals surface area contributed by atoms with Crippen LogP contribution in [0, 0.1) is 13.8 Å². The number of carbonyl (C=O) groups excluding carboxylic acids is 1. The molecule has 0 fully saturated rings. The maximum absolute atomic E-state index is 11.6. The molecule has 0 atom stereocenters. The third-order valence-corrected chi connectivity index (χ3v) is 4.21. The maximum Gasteiger partial charge on any atom is 0.251 e. The lowest BCUT2D eigenvalue weighted by atomic mass is 10.1. The van der Waals surface area contributed by atoms with Crippen molar-refractivity contribution in [1.82, 2.24) is 20.3 Å². The Hall–Kier alpha value is -3.28. The van der Waals surface area contributed by atoms with Crippen molar-refractivity contribution >= 4 is 11.7 Å². The predicted octanol–water partition coefficient (Wildman–Crippen LogP) is 3.13. The molecule has 0 aliphatic heterocycles. The van der Waals surface area contributed by atoms with Gasteiger partial charge in [0.1, 0.15) is 5.82 Å². The first kappa shape index (κ1) is 17.5. The minimum Gasteiger partial charge on any atom is -0.366 e. The van der Waals surface area contributed by atoms with Gasteiger partial charge in [-0.1, -0.05) is 12.1 Å². The summed E-state index contributed by atoms with van der Waals surface area (Å²) < 4.78 is 0. The van der Waals surface area contributed by atoms with E-state index in [4.69, 9.17) is 0 Å². The summed E-state index contributed by atoms with van der Waals surface area (Å²) in [5.41, 5.74) is 4.53. The fraction of sp³-hybridized carbons (Fsp3) is 0.200. The number of hydrogen-bond donors (Lipinski definition) is 2. The van der Waals surface area contributed by atoms with Crippen LogP contribution < -0.4 is 10.6 Å². The van der Waals surface area contributed by atoms with Crippen molar-refractivity contribution in [3.63, 3.8) is 0 Å². The highest BCUT2D eigenvalue weighted by Gasteiger charge is 2.10. The zero-order valence-corrected chi connectivity index (χ0v) is 15.1. The molecule has 6 nitrogen and oxygen atoms in total. The number of amides is 1. The monoisotopic (exact) mass is 347 g/mol. The third-order valence-electron chi connectivity index (χ3n) is 4.21. The molecule has 0 bridgehead atoms. The minimum atomic E-state index is -0.0899. The summed E-state index contributed by atoms with van der Waals surface area (Å²) in [5, 5.41) is 5.99. The summed E-state index contributed by atoms with van der Waals surface area (Å²) in [7, 11) is 1.62. The van der Waals surface area contributed by atoms with E-state index in [0.29, 0.717) is 17.9 Å². The van der Waals surface area contributed by atoms with Gasteiger partial charge in [0, 0.05) is 48.4 Å². The molecule has 132 valence electrons. The molecule has 0 radical (unpaired) electrons. The van der Waals surface area contributed by atoms with Crippen LogP contribution in [-0.4, -0.2) is 27.9 Å². The van der Waals surface area contributed by atoms with E-state index < -0.39 is 0 Å². The molecule has 0 saturated carbocycles. The topological polar surface area (TPSA) is 79.8 Å². The summed E-state index contributed by atoms with van der Waals surface area (Å²) in [4.78, 5) is 25.0. The number of carbonyl (C=O) groups is 1. The molecule has 1 amide bonds. The molecular formula is C20H21N5O. The lowest BCUT2D eigenvalue weighted by molar-refractivity contribution is 0.0963. The second kappa shape index (κ2) is 7.74. The molecular weight excluding hydrogens is 326 g/mol. The Kier molecular flexibility index (Phi) is 5.22. The van der Waals surface area contributed by atoms with Crippen LogP contribution in [0.1, 0.15) is 27.2 Å². The number of anilines is 1. The molecule has 0 spiro atoms. The highest BCUT2D eigenvalue weighted by atomic mass is 16.1. The maximum atomic E-state index is 11.6. The van der Waals surface area contributed by atoms with E-state index >= 15 is 0 Å². The van der Waals surface area contributed by atoms with Gasteiger partial charge in [0.05, 0.1) is 0 Å². The van der Waals surface area contributed by atoms with Crippen LogP contribution in [-0.2, 0) is 6.54 Å². The molecule has 6 heteroatoms. The van der Waals surface area contributed by atoms with Gasteiger partial charge >= 0.3 is 0 Å². The summed E-state index contributed by atoms with van der Waals surface area (Å²) in [6.45, 7) is 4.58. The largest absolute Gasteiger partial charge is 0.366 e. The molecule has 3 rings (SSSR count). The van der Waals surface area contributed by atoms with Gasteiger partial charge in [-0.2, -0.15) is 0 Å². The SMILES string of the molecule is CNC(=O)c1ccc(CNc2nc(-c3cccnc3)nc(C)c2C)cc1. The number of nitrogens with zero attached hydrogens (tertiary/aromatic N) is 3. The van der Waals surface area contributed by atoms with E-state index in [2.05, 4.69) is 25.6 Å². The zero-order valence-electron chi connectivity index (χ0n) is 15.1. The second-order valence-corrected chi connectivity index (χ2v) is 5.98. The zero-order chi connectivity index (χ0) is 18.5. The minimum absolute atomic E-state index is 0.0899. The fourth-order valence-electron chi connectivity index (χ4n) is 2.53. The van der Waals surface area contributed by atoms with Crippen molar-refractivity contribution in [2.75, 3.05) is 12.4 Å². The summed E-state index contributed by atoms with van der Waals surface area (Å²) in [6, 6.07) is 11.3. The van der Waals surface area contributed by atoms with E-state index in [1.807, 2.05) is 50.2 Å². The molecule has 2 heterocycles. The summed E-state index contributed by atoms with van der Waals surface area (Å²) >= 11 is 0. The van der Waals surface area contributed by atoms with Crippen LogP contribution in [0.25, 0.3) is 11.4 Å². The van der Waals surface area contributed by atoms with Gasteiger partial charge in [-0.15, -0.1) is 0 Å². The van der Waals surface area contributed by atoms with Gasteiger partial charge in [0.15, 0.2) is 5.82 Å². The summed E-state index contributed by atoms with van der Waals surface area (Å²) in [5.74, 6) is 1.36. The van der Waals surface area contributed by atoms with E-state index in [1.54, 1.807) is 19.4 Å². The Balaban J connectivity index is 1.79. The Bertz CT molecular complexity index is 907. The molecule has 26 heavy (non-hydrogen) atoms. The number of aromatic nitrogens is 3. The van der Waals surface area contributed by atoms with Gasteiger partial charge in [-0.3, -0.25) is 9.78 Å². The molecule has 2 aromatic heterocycles. The van der Waals surface area contributed by atoms with E-state index in [-0.39, 0.29) is 5.91 Å². The molecule has 3 aromatic rings. The van der Waals surface area contributed by atoms with E-state index in [0.717, 1.165) is 28.2 Å². The average Bonchev–Trinajstić information content (AvgIpc) is 2.69. The van der Waals surface area contributed by atoms with E-state index in [9.17, 15) is 4.79 Å². The number of rotatable bonds is 5. The van der Waals surface area contributed by atoms with Gasteiger partial charge in [0.25, 0.3) is 5.91 Å². The highest BCUT2D eigenvalue weighted by Crippen LogP contribution is 2.21. The van der Waals surface area contributed by atoms with Gasteiger partial charge in [-0.05, 0) is 43.7 Å². The smallest absolute Gasteiger partial charge is 0.251 e. The fourth-order valence-corrected chi connectivity index (χ4v) is 2.53. The van der Waals surface area contributed by atoms with Crippen molar-refractivity contribution in [3.8, 4) is 11.4 Å². The van der Waals surface area contributed by atoms with Crippen LogP contribution in [0.5, 0.6) is 0 Å². The number of hydrogen-bond acceptors (Lipinski definition) is 5. The van der Waals surface area contributed by atoms with Crippen LogP contribution in [0.2, 0.25) is 0 Å². The third kappa shape index (κ3) is 3.85. The van der Waals surface area contributed by atoms with Gasteiger partial charge in [0.2, 0.25) is 0 Å². The normalized spacial score (nSPS) is 10.4. The van der Waals surface area contributed by atoms with Crippen molar-refractivity contribution < 1.29 is 4.79 Å². The van der Waals surface area contributed by atoms with Crippen LogP contribution >= 0.6 is 0 Å². The Morgan fingerprint density at radius 1 is 1.08 bits per heavy atom. The molecule has 1 aromatic carbocycles. The number of benzene rings is 1. The lowest BCUT2D eigenvalue weighted by Crippen LogP contribution is -2.17. The quantitative estimate of drug-likeness (QED) is 0.741. The van der Waals surface area contributed by atoms with Crippen molar-refractivity contribution in [1.29, 1.82) is 0 Å². The van der Waals surface area contributed by atoms with Crippen molar-refractivity contribution in [2.45, 2.75) is 20.4 Å². The average molecular weight is 347 g/mol. The Morgan fingerprint density at radius 3 is 2.50 bits per heavy atom. The highest BCUT2D eigenvalue weighted by molar-refractivity contribution is 5.93. The van der Waals surface area contributed by atoms with Crippen LogP contribution in [0.4, 0.5) is 5.82 Å². The molecule has 0 aliphatic rings. The molecule has 0 saturated heterocycles. The Morgan fingerprint density at radius 2 is 1.85 bits per heavy atom. The van der Waals surface area contributed by atoms with E-state index in [1.165, 1.54) is 0 Å². The summed E-state index contributed by atoms with van der Waals surface area (Å²) in [6.07, 6.45) is 3.48. The first-order valence-corrected chi connectivity index (χ1v) is 8.39. The first-order chi connectivity index (χ1) is 12.6. The van der Waals surface area contributed by atoms with Crippen LogP contribution in [0.15, 0.2) is 48.8 Å². The predicted molar refractivity (Wildman–Crippen MR) is 102 cm³/mol. The molecule has 2 N–H and O–H groups in total. The first-order valence-electron chi connectivity index (χ1n) is 8.39. The Labute approximate surface area is 152 Å². The lowest BCUT2D eigenvalue weighted by Gasteiger charge is -2.12. The molecule has 0 unspecified atom stereocenters. The van der Waals surface area contributed by atoms with Crippen LogP contribution in [0.3, 0.4) is 0 Å². The second-order valence-electron chi connectivity index (χ2n) is 5.98. The van der Waals surface area contributed by atoms with Crippen molar-refractivity contribution in [3.05, 3.63) is 71.2 Å². The number of aryl methyl sites for hydroxylation is 1. The van der Waals surface area contributed by atoms with Gasteiger partial charge in [-0.25, -0.2) is 9.97 Å². The standard InChI is InChI=1S/C20H21N5O/c1-13-14(2)24-19(17-5-4-10-22-12-17)25-18(13)23-11-15-6-8-16(9-7-15)20(26)21-3/h4-10,12H,11H2,1-3H3,(H,21,26)(H,23,24,25). The molecule has 0 aliphatic carbocycles. The number of pyridine rings is 1.